The Morgan fingerprint density at radius 2 is 1.00 bits per heavy atom. The smallest absolute Gasteiger partial charge is 0.0270 e. The third kappa shape index (κ3) is 12.2. The lowest BCUT2D eigenvalue weighted by Gasteiger charge is -2.17. The SMILES string of the molecule is CCCCCCCCCC(CCCCCCCCC)c1ccncc1. The Kier molecular flexibility index (Phi) is 14.7. The molecule has 0 spiro atoms. The maximum atomic E-state index is 4.20. The summed E-state index contributed by atoms with van der Waals surface area (Å²) in [7, 11) is 0. The van der Waals surface area contributed by atoms with Crippen LogP contribution in [-0.4, -0.2) is 4.98 Å². The molecule has 0 atom stereocenters. The molecule has 0 fully saturated rings. The van der Waals surface area contributed by atoms with Crippen molar-refractivity contribution in [1.82, 2.24) is 4.98 Å². The number of unbranched alkanes of at least 4 members (excludes halogenated alkanes) is 12. The summed E-state index contributed by atoms with van der Waals surface area (Å²) in [5, 5.41) is 0. The van der Waals surface area contributed by atoms with Crippen molar-refractivity contribution in [3.63, 3.8) is 0 Å². The van der Waals surface area contributed by atoms with E-state index < -0.39 is 0 Å². The molecule has 1 nitrogen and oxygen atoms in total. The molecular weight excluding hydrogens is 302 g/mol. The second kappa shape index (κ2) is 16.6. The normalized spacial score (nSPS) is 11.3. The van der Waals surface area contributed by atoms with Crippen molar-refractivity contribution in [3.8, 4) is 0 Å². The summed E-state index contributed by atoms with van der Waals surface area (Å²) in [6.45, 7) is 4.59. The zero-order chi connectivity index (χ0) is 18.0. The largest absolute Gasteiger partial charge is 0.265 e. The second-order valence-corrected chi connectivity index (χ2v) is 7.80. The third-order valence-electron chi connectivity index (χ3n) is 5.49. The van der Waals surface area contributed by atoms with Crippen LogP contribution < -0.4 is 0 Å². The Morgan fingerprint density at radius 1 is 0.600 bits per heavy atom. The number of hydrogen-bond donors (Lipinski definition) is 0. The van der Waals surface area contributed by atoms with Crippen LogP contribution in [0.2, 0.25) is 0 Å². The van der Waals surface area contributed by atoms with Gasteiger partial charge < -0.3 is 0 Å². The molecule has 144 valence electrons. The summed E-state index contributed by atoms with van der Waals surface area (Å²) in [6, 6.07) is 4.49. The molecule has 0 radical (unpaired) electrons. The summed E-state index contributed by atoms with van der Waals surface area (Å²) >= 11 is 0. The van der Waals surface area contributed by atoms with Crippen LogP contribution in [0.1, 0.15) is 128 Å². The molecule has 0 N–H and O–H groups in total. The molecule has 0 saturated carbocycles. The molecule has 1 heteroatoms. The minimum absolute atomic E-state index is 0.759. The number of rotatable bonds is 17. The summed E-state index contributed by atoms with van der Waals surface area (Å²) < 4.78 is 0. The number of nitrogens with zero attached hydrogens (tertiary/aromatic N) is 1. The van der Waals surface area contributed by atoms with Gasteiger partial charge in [-0.25, -0.2) is 0 Å². The number of pyridine rings is 1. The summed E-state index contributed by atoms with van der Waals surface area (Å²) in [6.07, 6.45) is 26.4. The van der Waals surface area contributed by atoms with Gasteiger partial charge in [-0.15, -0.1) is 0 Å². The van der Waals surface area contributed by atoms with E-state index in [2.05, 4.69) is 31.0 Å². The molecule has 0 aromatic carbocycles. The van der Waals surface area contributed by atoms with Crippen LogP contribution in [0.3, 0.4) is 0 Å². The number of hydrogen-bond acceptors (Lipinski definition) is 1. The van der Waals surface area contributed by atoms with E-state index in [1.165, 1.54) is 108 Å². The van der Waals surface area contributed by atoms with Crippen molar-refractivity contribution in [2.24, 2.45) is 0 Å². The van der Waals surface area contributed by atoms with Gasteiger partial charge in [-0.1, -0.05) is 104 Å². The zero-order valence-corrected chi connectivity index (χ0v) is 17.1. The Labute approximate surface area is 158 Å². The van der Waals surface area contributed by atoms with Gasteiger partial charge in [0.25, 0.3) is 0 Å². The van der Waals surface area contributed by atoms with Crippen molar-refractivity contribution in [1.29, 1.82) is 0 Å². The quantitative estimate of drug-likeness (QED) is 0.258. The van der Waals surface area contributed by atoms with Crippen LogP contribution in [-0.2, 0) is 0 Å². The predicted octanol–water partition coefficient (Wildman–Crippen LogP) is 8.45. The molecule has 0 aliphatic rings. The Hall–Kier alpha value is -0.850. The van der Waals surface area contributed by atoms with Gasteiger partial charge >= 0.3 is 0 Å². The highest BCUT2D eigenvalue weighted by Gasteiger charge is 2.11. The lowest BCUT2D eigenvalue weighted by molar-refractivity contribution is 0.484. The summed E-state index contributed by atoms with van der Waals surface area (Å²) in [5.41, 5.74) is 1.52. The van der Waals surface area contributed by atoms with Gasteiger partial charge in [0.15, 0.2) is 0 Å². The molecule has 1 rings (SSSR count). The van der Waals surface area contributed by atoms with E-state index in [0.717, 1.165) is 5.92 Å². The highest BCUT2D eigenvalue weighted by Crippen LogP contribution is 2.28. The van der Waals surface area contributed by atoms with Gasteiger partial charge in [0.1, 0.15) is 0 Å². The molecule has 0 unspecified atom stereocenters. The topological polar surface area (TPSA) is 12.9 Å². The van der Waals surface area contributed by atoms with E-state index in [1.807, 2.05) is 12.4 Å². The fourth-order valence-electron chi connectivity index (χ4n) is 3.81. The average Bonchev–Trinajstić information content (AvgIpc) is 2.65. The van der Waals surface area contributed by atoms with Crippen molar-refractivity contribution in [2.45, 2.75) is 122 Å². The van der Waals surface area contributed by atoms with E-state index in [0.29, 0.717) is 0 Å². The highest BCUT2D eigenvalue weighted by atomic mass is 14.6. The molecule has 0 amide bonds. The minimum atomic E-state index is 0.759. The minimum Gasteiger partial charge on any atom is -0.265 e. The summed E-state index contributed by atoms with van der Waals surface area (Å²) in [5.74, 6) is 0.759. The molecule has 1 heterocycles. The van der Waals surface area contributed by atoms with Gasteiger partial charge in [0.05, 0.1) is 0 Å². The van der Waals surface area contributed by atoms with Gasteiger partial charge in [0, 0.05) is 12.4 Å². The highest BCUT2D eigenvalue weighted by molar-refractivity contribution is 5.15. The fraction of sp³-hybridized carbons (Fsp3) is 0.792. The van der Waals surface area contributed by atoms with Crippen molar-refractivity contribution < 1.29 is 0 Å². The van der Waals surface area contributed by atoms with Crippen LogP contribution in [0.4, 0.5) is 0 Å². The first kappa shape index (κ1) is 22.2. The molecule has 0 saturated heterocycles. The molecule has 1 aromatic rings. The van der Waals surface area contributed by atoms with Crippen molar-refractivity contribution >= 4 is 0 Å². The number of aromatic nitrogens is 1. The second-order valence-electron chi connectivity index (χ2n) is 7.80. The lowest BCUT2D eigenvalue weighted by Crippen LogP contribution is -2.00. The zero-order valence-electron chi connectivity index (χ0n) is 17.1. The maximum absolute atomic E-state index is 4.20. The van der Waals surface area contributed by atoms with E-state index in [4.69, 9.17) is 0 Å². The maximum Gasteiger partial charge on any atom is 0.0270 e. The fourth-order valence-corrected chi connectivity index (χ4v) is 3.81. The molecule has 0 aliphatic carbocycles. The first-order chi connectivity index (χ1) is 12.4. The van der Waals surface area contributed by atoms with Crippen LogP contribution in [0.15, 0.2) is 24.5 Å². The molecule has 0 bridgehead atoms. The Balaban J connectivity index is 2.21. The van der Waals surface area contributed by atoms with Crippen molar-refractivity contribution in [2.75, 3.05) is 0 Å². The van der Waals surface area contributed by atoms with Gasteiger partial charge in [-0.3, -0.25) is 4.98 Å². The average molecular weight is 346 g/mol. The summed E-state index contributed by atoms with van der Waals surface area (Å²) in [4.78, 5) is 4.20. The molecule has 1 aromatic heterocycles. The first-order valence-electron chi connectivity index (χ1n) is 11.3. The standard InChI is InChI=1S/C24H43N/c1-3-5-7-9-11-13-15-17-23(24-19-21-25-22-20-24)18-16-14-12-10-8-6-4-2/h19-23H,3-18H2,1-2H3. The van der Waals surface area contributed by atoms with Gasteiger partial charge in [0.2, 0.25) is 0 Å². The van der Waals surface area contributed by atoms with E-state index in [9.17, 15) is 0 Å². The van der Waals surface area contributed by atoms with E-state index >= 15 is 0 Å². The monoisotopic (exact) mass is 345 g/mol. The lowest BCUT2D eigenvalue weighted by atomic mass is 9.88. The van der Waals surface area contributed by atoms with E-state index in [1.54, 1.807) is 0 Å². The Bertz CT molecular complexity index is 355. The van der Waals surface area contributed by atoms with Crippen LogP contribution in [0.5, 0.6) is 0 Å². The van der Waals surface area contributed by atoms with E-state index in [-0.39, 0.29) is 0 Å². The van der Waals surface area contributed by atoms with Crippen LogP contribution in [0.25, 0.3) is 0 Å². The molecule has 0 aliphatic heterocycles. The molecular formula is C24H43N. The van der Waals surface area contributed by atoms with Gasteiger partial charge in [-0.05, 0) is 36.5 Å². The molecule has 25 heavy (non-hydrogen) atoms. The first-order valence-corrected chi connectivity index (χ1v) is 11.3. The van der Waals surface area contributed by atoms with Crippen LogP contribution >= 0.6 is 0 Å². The van der Waals surface area contributed by atoms with Crippen molar-refractivity contribution in [3.05, 3.63) is 30.1 Å². The predicted molar refractivity (Wildman–Crippen MR) is 112 cm³/mol. The Morgan fingerprint density at radius 3 is 1.44 bits per heavy atom. The van der Waals surface area contributed by atoms with Gasteiger partial charge in [-0.2, -0.15) is 0 Å². The van der Waals surface area contributed by atoms with Crippen LogP contribution in [0, 0.1) is 0 Å². The third-order valence-corrected chi connectivity index (χ3v) is 5.49.